The van der Waals surface area contributed by atoms with Gasteiger partial charge in [0.1, 0.15) is 0 Å². The molecular weight excluding hydrogens is 313 g/mol. The topological polar surface area (TPSA) is 67.6 Å². The van der Waals surface area contributed by atoms with E-state index in [0.717, 1.165) is 17.8 Å². The third-order valence-electron chi connectivity index (χ3n) is 3.32. The highest BCUT2D eigenvalue weighted by atomic mass is 35.5. The largest absolute Gasteiger partial charge is 0.374 e. The number of aryl methyl sites for hydroxylation is 1. The number of nitrogens with one attached hydrogen (secondary N) is 1. The molecule has 0 spiro atoms. The first kappa shape index (κ1) is 18.2. The number of rotatable bonds is 4. The molecule has 1 atom stereocenters. The van der Waals surface area contributed by atoms with Gasteiger partial charge < -0.3 is 15.8 Å². The van der Waals surface area contributed by atoms with Crippen LogP contribution in [0.25, 0.3) is 0 Å². The molecule has 1 aliphatic rings. The number of carbonyl (C=O) groups excluding carboxylic acids is 1. The molecule has 21 heavy (non-hydrogen) atoms. The lowest BCUT2D eigenvalue weighted by atomic mass is 10.2. The molecule has 2 rings (SSSR count). The van der Waals surface area contributed by atoms with Crippen molar-refractivity contribution in [1.82, 2.24) is 4.90 Å². The molecular formula is C14H21Cl2N3O2. The molecule has 1 heterocycles. The van der Waals surface area contributed by atoms with Crippen molar-refractivity contribution in [3.8, 4) is 0 Å². The van der Waals surface area contributed by atoms with E-state index in [0.29, 0.717) is 31.3 Å². The van der Waals surface area contributed by atoms with Gasteiger partial charge in [0.15, 0.2) is 0 Å². The van der Waals surface area contributed by atoms with Gasteiger partial charge in [0.05, 0.1) is 19.3 Å². The van der Waals surface area contributed by atoms with Crippen LogP contribution in [0.2, 0.25) is 5.02 Å². The highest BCUT2D eigenvalue weighted by Crippen LogP contribution is 2.19. The molecule has 0 bridgehead atoms. The zero-order chi connectivity index (χ0) is 14.5. The number of morpholine rings is 1. The molecule has 118 valence electrons. The number of amides is 1. The maximum atomic E-state index is 12.1. The monoisotopic (exact) mass is 333 g/mol. The number of ether oxygens (including phenoxy) is 1. The van der Waals surface area contributed by atoms with Gasteiger partial charge in [0.2, 0.25) is 5.91 Å². The van der Waals surface area contributed by atoms with Crippen molar-refractivity contribution in [2.24, 2.45) is 5.73 Å². The minimum atomic E-state index is -0.0342. The number of nitrogens with zero attached hydrogens (tertiary/aromatic N) is 1. The van der Waals surface area contributed by atoms with E-state index in [1.807, 2.05) is 19.1 Å². The number of halogens is 2. The van der Waals surface area contributed by atoms with E-state index in [-0.39, 0.29) is 24.4 Å². The summed E-state index contributed by atoms with van der Waals surface area (Å²) in [5, 5.41) is 3.57. The van der Waals surface area contributed by atoms with Crippen LogP contribution >= 0.6 is 24.0 Å². The summed E-state index contributed by atoms with van der Waals surface area (Å²) in [5.41, 5.74) is 7.34. The summed E-state index contributed by atoms with van der Waals surface area (Å²) < 4.78 is 5.48. The molecule has 1 saturated heterocycles. The zero-order valence-corrected chi connectivity index (χ0v) is 13.5. The molecule has 1 unspecified atom stereocenters. The molecule has 3 N–H and O–H groups in total. The number of carbonyl (C=O) groups is 1. The average molecular weight is 334 g/mol. The molecule has 0 saturated carbocycles. The number of hydrogen-bond acceptors (Lipinski definition) is 4. The average Bonchev–Trinajstić information content (AvgIpc) is 2.42. The zero-order valence-electron chi connectivity index (χ0n) is 12.0. The summed E-state index contributed by atoms with van der Waals surface area (Å²) in [4.78, 5) is 14.1. The summed E-state index contributed by atoms with van der Waals surface area (Å²) in [6, 6.07) is 5.41. The van der Waals surface area contributed by atoms with Crippen LogP contribution in [-0.2, 0) is 9.53 Å². The first-order valence-corrected chi connectivity index (χ1v) is 7.06. The van der Waals surface area contributed by atoms with Crippen molar-refractivity contribution >= 4 is 35.6 Å². The van der Waals surface area contributed by atoms with Crippen molar-refractivity contribution in [3.05, 3.63) is 28.8 Å². The smallest absolute Gasteiger partial charge is 0.238 e. The van der Waals surface area contributed by atoms with Gasteiger partial charge >= 0.3 is 0 Å². The number of nitrogens with two attached hydrogens (primary N) is 1. The maximum Gasteiger partial charge on any atom is 0.238 e. The summed E-state index contributed by atoms with van der Waals surface area (Å²) in [6.07, 6.45) is 0.0221. The number of anilines is 1. The second-order valence-corrected chi connectivity index (χ2v) is 5.41. The molecule has 1 aromatic carbocycles. The van der Waals surface area contributed by atoms with Crippen LogP contribution in [0.1, 0.15) is 5.56 Å². The lowest BCUT2D eigenvalue weighted by Gasteiger charge is -2.31. The van der Waals surface area contributed by atoms with Gasteiger partial charge in [-0.2, -0.15) is 0 Å². The molecule has 0 radical (unpaired) electrons. The molecule has 0 aromatic heterocycles. The third-order valence-corrected chi connectivity index (χ3v) is 3.55. The quantitative estimate of drug-likeness (QED) is 0.879. The van der Waals surface area contributed by atoms with Crippen LogP contribution in [0.5, 0.6) is 0 Å². The fourth-order valence-corrected chi connectivity index (χ4v) is 2.45. The van der Waals surface area contributed by atoms with Gasteiger partial charge in [0, 0.05) is 30.3 Å². The Kier molecular flexibility index (Phi) is 7.42. The van der Waals surface area contributed by atoms with Crippen LogP contribution in [0.3, 0.4) is 0 Å². The molecule has 0 aliphatic carbocycles. The highest BCUT2D eigenvalue weighted by molar-refractivity contribution is 6.30. The Labute approximate surface area is 136 Å². The summed E-state index contributed by atoms with van der Waals surface area (Å²) in [6.45, 7) is 4.82. The Morgan fingerprint density at radius 2 is 2.33 bits per heavy atom. The SMILES string of the molecule is Cc1cc(Cl)ccc1NC(=O)CN1CCOC(CN)C1.Cl. The predicted molar refractivity (Wildman–Crippen MR) is 87.3 cm³/mol. The summed E-state index contributed by atoms with van der Waals surface area (Å²) in [5.74, 6) is -0.0342. The molecule has 1 amide bonds. The second-order valence-electron chi connectivity index (χ2n) is 4.97. The van der Waals surface area contributed by atoms with Crippen molar-refractivity contribution in [1.29, 1.82) is 0 Å². The first-order valence-electron chi connectivity index (χ1n) is 6.68. The minimum absolute atomic E-state index is 0. The fraction of sp³-hybridized carbons (Fsp3) is 0.500. The number of benzene rings is 1. The second kappa shape index (κ2) is 8.56. The van der Waals surface area contributed by atoms with Gasteiger partial charge in [-0.25, -0.2) is 0 Å². The Balaban J connectivity index is 0.00000220. The molecule has 5 nitrogen and oxygen atoms in total. The molecule has 7 heteroatoms. The van der Waals surface area contributed by atoms with Gasteiger partial charge in [-0.1, -0.05) is 11.6 Å². The van der Waals surface area contributed by atoms with E-state index < -0.39 is 0 Å². The van der Waals surface area contributed by atoms with E-state index in [1.54, 1.807) is 6.07 Å². The minimum Gasteiger partial charge on any atom is -0.374 e. The van der Waals surface area contributed by atoms with Crippen LogP contribution in [0.15, 0.2) is 18.2 Å². The lowest BCUT2D eigenvalue weighted by molar-refractivity contribution is -0.119. The highest BCUT2D eigenvalue weighted by Gasteiger charge is 2.21. The molecule has 1 fully saturated rings. The van der Waals surface area contributed by atoms with E-state index in [2.05, 4.69) is 10.2 Å². The van der Waals surface area contributed by atoms with E-state index in [1.165, 1.54) is 0 Å². The Hall–Kier alpha value is -0.850. The third kappa shape index (κ3) is 5.45. The Morgan fingerprint density at radius 1 is 1.57 bits per heavy atom. The Bertz CT molecular complexity index is 485. The predicted octanol–water partition coefficient (Wildman–Crippen LogP) is 1.67. The van der Waals surface area contributed by atoms with Crippen LogP contribution in [0, 0.1) is 6.92 Å². The van der Waals surface area contributed by atoms with Crippen LogP contribution in [0.4, 0.5) is 5.69 Å². The molecule has 1 aliphatic heterocycles. The molecule has 1 aromatic rings. The van der Waals surface area contributed by atoms with Crippen molar-refractivity contribution in [3.63, 3.8) is 0 Å². The van der Waals surface area contributed by atoms with Gasteiger partial charge in [0.25, 0.3) is 0 Å². The normalized spacial score (nSPS) is 18.9. The number of hydrogen-bond donors (Lipinski definition) is 2. The van der Waals surface area contributed by atoms with E-state index in [9.17, 15) is 4.79 Å². The summed E-state index contributed by atoms with van der Waals surface area (Å²) in [7, 11) is 0. The van der Waals surface area contributed by atoms with Gasteiger partial charge in [-0.15, -0.1) is 12.4 Å². The Morgan fingerprint density at radius 3 is 3.00 bits per heavy atom. The fourth-order valence-electron chi connectivity index (χ4n) is 2.23. The standard InChI is InChI=1S/C14H20ClN3O2.ClH/c1-10-6-11(15)2-3-13(10)17-14(19)9-18-4-5-20-12(7-16)8-18;/h2-3,6,12H,4-5,7-9,16H2,1H3,(H,17,19);1H. The van der Waals surface area contributed by atoms with Crippen LogP contribution < -0.4 is 11.1 Å². The van der Waals surface area contributed by atoms with Crippen LogP contribution in [-0.4, -0.2) is 49.7 Å². The van der Waals surface area contributed by atoms with Crippen molar-refractivity contribution in [2.75, 3.05) is 38.1 Å². The first-order chi connectivity index (χ1) is 9.58. The van der Waals surface area contributed by atoms with Gasteiger partial charge in [-0.3, -0.25) is 9.69 Å². The summed E-state index contributed by atoms with van der Waals surface area (Å²) >= 11 is 5.89. The lowest BCUT2D eigenvalue weighted by Crippen LogP contribution is -2.48. The van der Waals surface area contributed by atoms with Crippen molar-refractivity contribution < 1.29 is 9.53 Å². The van der Waals surface area contributed by atoms with Gasteiger partial charge in [-0.05, 0) is 30.7 Å². The van der Waals surface area contributed by atoms with Crippen molar-refractivity contribution in [2.45, 2.75) is 13.0 Å². The van der Waals surface area contributed by atoms with E-state index in [4.69, 9.17) is 22.1 Å². The maximum absolute atomic E-state index is 12.1. The van der Waals surface area contributed by atoms with E-state index >= 15 is 0 Å².